The molecule has 3 aromatic carbocycles. The van der Waals surface area contributed by atoms with Crippen LogP contribution in [0.25, 0.3) is 10.8 Å². The third kappa shape index (κ3) is 6.32. The maximum atomic E-state index is 12.7. The van der Waals surface area contributed by atoms with E-state index in [9.17, 15) is 14.7 Å². The molecule has 3 aromatic rings. The molecule has 0 aliphatic heterocycles. The maximum absolute atomic E-state index is 12.7. The summed E-state index contributed by atoms with van der Waals surface area (Å²) in [6.07, 6.45) is 3.00. The molecule has 0 radical (unpaired) electrons. The summed E-state index contributed by atoms with van der Waals surface area (Å²) in [7, 11) is 0. The minimum absolute atomic E-state index is 0.0198. The molecule has 2 amide bonds. The van der Waals surface area contributed by atoms with E-state index in [0.29, 0.717) is 30.5 Å². The molecule has 7 nitrogen and oxygen atoms in total. The van der Waals surface area contributed by atoms with Gasteiger partial charge in [0.25, 0.3) is 5.91 Å². The Morgan fingerprint density at radius 2 is 1.88 bits per heavy atom. The Morgan fingerprint density at radius 1 is 1.09 bits per heavy atom. The highest BCUT2D eigenvalue weighted by Gasteiger charge is 2.21. The highest BCUT2D eigenvalue weighted by molar-refractivity contribution is 9.10. The van der Waals surface area contributed by atoms with Crippen molar-refractivity contribution in [2.24, 2.45) is 0 Å². The Kier molecular flexibility index (Phi) is 8.24. The predicted molar refractivity (Wildman–Crippen MR) is 126 cm³/mol. The number of hydrogen-bond acceptors (Lipinski definition) is 5. The third-order valence-corrected chi connectivity index (χ3v) is 5.32. The van der Waals surface area contributed by atoms with Crippen LogP contribution in [0.5, 0.6) is 5.75 Å². The summed E-state index contributed by atoms with van der Waals surface area (Å²) in [6.45, 7) is 0. The second kappa shape index (κ2) is 11.3. The lowest BCUT2D eigenvalue weighted by atomic mass is 10.0. The number of phenols is 1. The second-order valence-corrected chi connectivity index (χ2v) is 7.97. The van der Waals surface area contributed by atoms with Crippen molar-refractivity contribution in [1.29, 1.82) is 0 Å². The van der Waals surface area contributed by atoms with Crippen LogP contribution in [0.15, 0.2) is 77.3 Å². The zero-order valence-corrected chi connectivity index (χ0v) is 18.7. The summed E-state index contributed by atoms with van der Waals surface area (Å²) < 4.78 is 6.44. The van der Waals surface area contributed by atoms with Crippen molar-refractivity contribution >= 4 is 44.4 Å². The van der Waals surface area contributed by atoms with E-state index in [1.165, 1.54) is 17.6 Å². The highest BCUT2D eigenvalue weighted by Crippen LogP contribution is 2.33. The Balaban J connectivity index is 1.73. The topological polar surface area (TPSA) is 108 Å². The van der Waals surface area contributed by atoms with E-state index in [1.54, 1.807) is 24.3 Å². The largest absolute Gasteiger partial charge is 0.508 e. The Labute approximate surface area is 193 Å². The number of hydroxylamine groups is 1. The normalized spacial score (nSPS) is 11.9. The number of allylic oxidation sites excluding steroid dienone is 1. The minimum Gasteiger partial charge on any atom is -0.508 e. The second-order valence-electron chi connectivity index (χ2n) is 7.06. The van der Waals surface area contributed by atoms with Gasteiger partial charge in [-0.25, -0.2) is 10.3 Å². The Morgan fingerprint density at radius 3 is 2.69 bits per heavy atom. The van der Waals surface area contributed by atoms with Crippen LogP contribution >= 0.6 is 15.9 Å². The molecule has 3 rings (SSSR count). The van der Waals surface area contributed by atoms with Gasteiger partial charge in [0.1, 0.15) is 11.9 Å². The quantitative estimate of drug-likeness (QED) is 0.135. The molecule has 0 aliphatic rings. The highest BCUT2D eigenvalue weighted by atomic mass is 79.9. The first-order valence-corrected chi connectivity index (χ1v) is 10.8. The summed E-state index contributed by atoms with van der Waals surface area (Å²) >= 11 is 3.38. The lowest BCUT2D eigenvalue weighted by molar-refractivity contribution is -0.124. The molecule has 1 atom stereocenters. The summed E-state index contributed by atoms with van der Waals surface area (Å²) in [5.74, 6) is -0.594. The number of phenolic OH excluding ortho intramolecular Hbond substituents is 1. The molecule has 0 bridgehead atoms. The number of aromatic hydroxyl groups is 1. The lowest BCUT2D eigenvalue weighted by Gasteiger charge is -2.20. The third-order valence-electron chi connectivity index (χ3n) is 4.83. The van der Waals surface area contributed by atoms with Gasteiger partial charge in [0.05, 0.1) is 5.69 Å². The van der Waals surface area contributed by atoms with Gasteiger partial charge in [-0.3, -0.25) is 15.3 Å². The van der Waals surface area contributed by atoms with E-state index in [-0.39, 0.29) is 5.75 Å². The van der Waals surface area contributed by atoms with Crippen LogP contribution < -0.4 is 10.8 Å². The summed E-state index contributed by atoms with van der Waals surface area (Å²) in [4.78, 5) is 23.8. The minimum atomic E-state index is -0.706. The van der Waals surface area contributed by atoms with Gasteiger partial charge in [-0.15, -0.1) is 0 Å². The van der Waals surface area contributed by atoms with Crippen LogP contribution in [0.1, 0.15) is 30.9 Å². The SMILES string of the molecule is O=C(/C=C/CCC[C@@H](OC(=O)Nc1cccc2ccccc12)c1cc(Br)ccc1O)NO. The van der Waals surface area contributed by atoms with Crippen LogP contribution in [0.4, 0.5) is 10.5 Å². The molecule has 0 aliphatic carbocycles. The number of benzene rings is 3. The maximum Gasteiger partial charge on any atom is 0.412 e. The number of unbranched alkanes of at least 4 members (excludes halogenated alkanes) is 1. The number of rotatable bonds is 8. The fraction of sp³-hybridized carbons (Fsp3) is 0.167. The molecule has 8 heteroatoms. The van der Waals surface area contributed by atoms with E-state index >= 15 is 0 Å². The molecule has 0 unspecified atom stereocenters. The van der Waals surface area contributed by atoms with E-state index in [0.717, 1.165) is 15.2 Å². The monoisotopic (exact) mass is 498 g/mol. The average molecular weight is 499 g/mol. The Bertz CT molecular complexity index is 1130. The molecule has 166 valence electrons. The number of carbonyl (C=O) groups excluding carboxylic acids is 2. The molecule has 0 saturated heterocycles. The van der Waals surface area contributed by atoms with Gasteiger partial charge in [0.15, 0.2) is 0 Å². The van der Waals surface area contributed by atoms with Crippen molar-refractivity contribution in [3.8, 4) is 5.75 Å². The predicted octanol–water partition coefficient (Wildman–Crippen LogP) is 5.83. The number of hydrogen-bond donors (Lipinski definition) is 4. The van der Waals surface area contributed by atoms with Gasteiger partial charge in [0.2, 0.25) is 0 Å². The number of nitrogens with one attached hydrogen (secondary N) is 2. The van der Waals surface area contributed by atoms with Gasteiger partial charge in [-0.2, -0.15) is 0 Å². The molecular formula is C24H23BrN2O5. The van der Waals surface area contributed by atoms with Crippen molar-refractivity contribution in [1.82, 2.24) is 5.48 Å². The number of halogens is 1. The zero-order chi connectivity index (χ0) is 22.9. The molecule has 0 spiro atoms. The van der Waals surface area contributed by atoms with Crippen LogP contribution in [0, 0.1) is 0 Å². The lowest BCUT2D eigenvalue weighted by Crippen LogP contribution is -2.18. The van der Waals surface area contributed by atoms with Gasteiger partial charge < -0.3 is 9.84 Å². The van der Waals surface area contributed by atoms with Crippen molar-refractivity contribution in [3.05, 3.63) is 82.9 Å². The number of carbonyl (C=O) groups is 2. The van der Waals surface area contributed by atoms with E-state index < -0.39 is 18.1 Å². The molecule has 0 saturated carbocycles. The first-order chi connectivity index (χ1) is 15.5. The fourth-order valence-corrected chi connectivity index (χ4v) is 3.69. The Hall–Kier alpha value is -3.36. The number of anilines is 1. The summed E-state index contributed by atoms with van der Waals surface area (Å²) in [5.41, 5.74) is 2.63. The van der Waals surface area contributed by atoms with Gasteiger partial charge in [0, 0.05) is 21.5 Å². The van der Waals surface area contributed by atoms with Crippen molar-refractivity contribution in [2.45, 2.75) is 25.4 Å². The summed E-state index contributed by atoms with van der Waals surface area (Å²) in [6, 6.07) is 18.2. The van der Waals surface area contributed by atoms with Crippen molar-refractivity contribution < 1.29 is 24.6 Å². The molecule has 0 heterocycles. The zero-order valence-electron chi connectivity index (χ0n) is 17.1. The van der Waals surface area contributed by atoms with E-state index in [1.807, 2.05) is 36.4 Å². The summed E-state index contributed by atoms with van der Waals surface area (Å²) in [5, 5.41) is 23.5. The van der Waals surface area contributed by atoms with Crippen LogP contribution in [0.3, 0.4) is 0 Å². The van der Waals surface area contributed by atoms with Crippen LogP contribution in [-0.4, -0.2) is 22.3 Å². The average Bonchev–Trinajstić information content (AvgIpc) is 2.79. The van der Waals surface area contributed by atoms with Gasteiger partial charge >= 0.3 is 6.09 Å². The molecule has 4 N–H and O–H groups in total. The molecule has 0 fully saturated rings. The first kappa shape index (κ1) is 23.3. The van der Waals surface area contributed by atoms with Crippen LogP contribution in [-0.2, 0) is 9.53 Å². The first-order valence-electron chi connectivity index (χ1n) is 10.0. The molecular weight excluding hydrogens is 476 g/mol. The number of fused-ring (bicyclic) bond motifs is 1. The van der Waals surface area contributed by atoms with Gasteiger partial charge in [-0.1, -0.05) is 58.4 Å². The standard InChI is InChI=1S/C24H23BrN2O5/c25-17-13-14-21(28)19(15-17)22(11-2-1-3-12-23(29)27-31)32-24(30)26-20-10-6-8-16-7-4-5-9-18(16)20/h3-10,12-15,22,28,31H,1-2,11H2,(H,26,30)(H,27,29)/b12-3+/t22-/m1/s1. The molecule has 0 aromatic heterocycles. The smallest absolute Gasteiger partial charge is 0.412 e. The van der Waals surface area contributed by atoms with Gasteiger partial charge in [-0.05, 0) is 48.9 Å². The fourth-order valence-electron chi connectivity index (χ4n) is 3.31. The van der Waals surface area contributed by atoms with Crippen molar-refractivity contribution in [3.63, 3.8) is 0 Å². The number of ether oxygens (including phenoxy) is 1. The van der Waals surface area contributed by atoms with Crippen molar-refractivity contribution in [2.75, 3.05) is 5.32 Å². The van der Waals surface area contributed by atoms with Crippen LogP contribution in [0.2, 0.25) is 0 Å². The van der Waals surface area contributed by atoms with E-state index in [4.69, 9.17) is 9.94 Å². The molecule has 32 heavy (non-hydrogen) atoms. The van der Waals surface area contributed by atoms with E-state index in [2.05, 4.69) is 21.2 Å². The number of amides is 2.